The number of aromatic nitrogens is 5. The van der Waals surface area contributed by atoms with Crippen molar-refractivity contribution in [3.8, 4) is 0 Å². The Labute approximate surface area is 121 Å². The first-order chi connectivity index (χ1) is 9.81. The van der Waals surface area contributed by atoms with E-state index >= 15 is 0 Å². The second-order valence-electron chi connectivity index (χ2n) is 4.35. The number of hydrogen-bond acceptors (Lipinski definition) is 4. The summed E-state index contributed by atoms with van der Waals surface area (Å²) in [5.74, 6) is 1.39. The number of hydrogen-bond donors (Lipinski definition) is 3. The first kappa shape index (κ1) is 11.4. The fraction of sp³-hybridized carbons (Fsp3) is 0. The van der Waals surface area contributed by atoms with Gasteiger partial charge in [-0.2, -0.15) is 10.2 Å². The number of nitrogens with zero attached hydrogens (tertiary/aromatic N) is 3. The summed E-state index contributed by atoms with van der Waals surface area (Å²) >= 11 is 3.49. The molecule has 4 rings (SSSR count). The molecule has 0 atom stereocenters. The van der Waals surface area contributed by atoms with Gasteiger partial charge in [-0.15, -0.1) is 0 Å². The molecule has 0 saturated carbocycles. The number of rotatable bonds is 2. The van der Waals surface area contributed by atoms with E-state index < -0.39 is 0 Å². The van der Waals surface area contributed by atoms with Crippen LogP contribution in [0.1, 0.15) is 0 Å². The second-order valence-corrected chi connectivity index (χ2v) is 5.27. The van der Waals surface area contributed by atoms with Crippen molar-refractivity contribution >= 4 is 49.4 Å². The Bertz CT molecular complexity index is 896. The molecule has 3 aromatic heterocycles. The molecule has 0 aliphatic heterocycles. The molecule has 0 fully saturated rings. The van der Waals surface area contributed by atoms with Crippen LogP contribution in [0.3, 0.4) is 0 Å². The molecule has 0 aliphatic rings. The molecule has 0 bridgehead atoms. The fourth-order valence-corrected chi connectivity index (χ4v) is 2.57. The summed E-state index contributed by atoms with van der Waals surface area (Å²) < 4.78 is 1.02. The lowest BCUT2D eigenvalue weighted by atomic mass is 10.1. The number of anilines is 2. The van der Waals surface area contributed by atoms with E-state index in [0.717, 1.165) is 26.3 Å². The average Bonchev–Trinajstić information content (AvgIpc) is 3.10. The van der Waals surface area contributed by atoms with Gasteiger partial charge in [0, 0.05) is 33.7 Å². The Morgan fingerprint density at radius 1 is 1.05 bits per heavy atom. The third-order valence-corrected chi connectivity index (χ3v) is 3.59. The van der Waals surface area contributed by atoms with E-state index in [1.807, 2.05) is 30.5 Å². The van der Waals surface area contributed by atoms with Crippen LogP contribution in [0.15, 0.2) is 41.1 Å². The molecule has 0 spiro atoms. The molecular weight excluding hydrogens is 320 g/mol. The molecule has 7 heteroatoms. The van der Waals surface area contributed by atoms with Gasteiger partial charge in [0.2, 0.25) is 0 Å². The number of nitrogens with one attached hydrogen (secondary N) is 3. The van der Waals surface area contributed by atoms with Crippen molar-refractivity contribution in [2.24, 2.45) is 0 Å². The van der Waals surface area contributed by atoms with Crippen LogP contribution in [-0.2, 0) is 0 Å². The van der Waals surface area contributed by atoms with Gasteiger partial charge in [0.05, 0.1) is 5.52 Å². The van der Waals surface area contributed by atoms with E-state index in [-0.39, 0.29) is 0 Å². The Hall–Kier alpha value is -2.41. The maximum Gasteiger partial charge on any atom is 0.160 e. The minimum atomic E-state index is 0.683. The largest absolute Gasteiger partial charge is 0.322 e. The number of benzene rings is 1. The molecule has 20 heavy (non-hydrogen) atoms. The minimum absolute atomic E-state index is 0.683. The lowest BCUT2D eigenvalue weighted by Crippen LogP contribution is -1.96. The quantitative estimate of drug-likeness (QED) is 0.527. The van der Waals surface area contributed by atoms with E-state index in [2.05, 4.69) is 46.6 Å². The van der Waals surface area contributed by atoms with Crippen molar-refractivity contribution in [3.63, 3.8) is 0 Å². The van der Waals surface area contributed by atoms with Gasteiger partial charge < -0.3 is 5.32 Å². The molecule has 0 radical (unpaired) electrons. The molecule has 4 aromatic rings. The molecule has 1 aromatic carbocycles. The zero-order valence-corrected chi connectivity index (χ0v) is 11.8. The first-order valence-corrected chi connectivity index (χ1v) is 6.80. The molecule has 0 saturated heterocycles. The standard InChI is InChI=1S/C13H9BrN6/c14-7-1-2-10-8(5-7)9-6-16-20-12(9)13(17-10)18-11-3-4-15-19-11/h1-6H,(H,16,20)(H2,15,17,18,19). The Kier molecular flexibility index (Phi) is 2.46. The SMILES string of the molecule is Brc1ccc2nc(Nc3cc[nH]n3)c3n[nH]cc3c2c1. The van der Waals surface area contributed by atoms with Crippen molar-refractivity contribution in [2.45, 2.75) is 0 Å². The summed E-state index contributed by atoms with van der Waals surface area (Å²) in [7, 11) is 0. The molecule has 0 unspecified atom stereocenters. The monoisotopic (exact) mass is 328 g/mol. The summed E-state index contributed by atoms with van der Waals surface area (Å²) in [5.41, 5.74) is 1.69. The lowest BCUT2D eigenvalue weighted by molar-refractivity contribution is 1.09. The highest BCUT2D eigenvalue weighted by Crippen LogP contribution is 2.30. The van der Waals surface area contributed by atoms with Gasteiger partial charge in [0.1, 0.15) is 5.52 Å². The number of pyridine rings is 1. The Morgan fingerprint density at radius 2 is 2.00 bits per heavy atom. The zero-order chi connectivity index (χ0) is 13.5. The first-order valence-electron chi connectivity index (χ1n) is 6.01. The van der Waals surface area contributed by atoms with Gasteiger partial charge in [0.15, 0.2) is 11.6 Å². The van der Waals surface area contributed by atoms with Crippen molar-refractivity contribution in [1.29, 1.82) is 0 Å². The summed E-state index contributed by atoms with van der Waals surface area (Å²) in [6.07, 6.45) is 3.63. The van der Waals surface area contributed by atoms with Gasteiger partial charge in [-0.3, -0.25) is 10.2 Å². The molecule has 0 amide bonds. The minimum Gasteiger partial charge on any atom is -0.322 e. The van der Waals surface area contributed by atoms with Gasteiger partial charge in [-0.1, -0.05) is 15.9 Å². The highest BCUT2D eigenvalue weighted by atomic mass is 79.9. The van der Waals surface area contributed by atoms with Crippen LogP contribution < -0.4 is 5.32 Å². The normalized spacial score (nSPS) is 11.2. The van der Waals surface area contributed by atoms with Gasteiger partial charge in [-0.25, -0.2) is 4.98 Å². The predicted molar refractivity (Wildman–Crippen MR) is 81.0 cm³/mol. The van der Waals surface area contributed by atoms with Gasteiger partial charge in [0.25, 0.3) is 0 Å². The Morgan fingerprint density at radius 3 is 2.85 bits per heavy atom. The molecule has 3 N–H and O–H groups in total. The van der Waals surface area contributed by atoms with E-state index in [4.69, 9.17) is 0 Å². The third-order valence-electron chi connectivity index (χ3n) is 3.09. The molecular formula is C13H9BrN6. The van der Waals surface area contributed by atoms with Crippen LogP contribution in [-0.4, -0.2) is 25.4 Å². The fourth-order valence-electron chi connectivity index (χ4n) is 2.21. The van der Waals surface area contributed by atoms with Crippen LogP contribution in [0.5, 0.6) is 0 Å². The summed E-state index contributed by atoms with van der Waals surface area (Å²) in [6, 6.07) is 7.83. The van der Waals surface area contributed by atoms with Crippen molar-refractivity contribution in [1.82, 2.24) is 25.4 Å². The predicted octanol–water partition coefficient (Wildman–Crippen LogP) is 3.34. The van der Waals surface area contributed by atoms with Crippen LogP contribution in [0.25, 0.3) is 21.8 Å². The number of fused-ring (bicyclic) bond motifs is 3. The third kappa shape index (κ3) is 1.75. The summed E-state index contributed by atoms with van der Waals surface area (Å²) in [5, 5.41) is 19.3. The maximum atomic E-state index is 4.62. The van der Waals surface area contributed by atoms with Gasteiger partial charge >= 0.3 is 0 Å². The zero-order valence-electron chi connectivity index (χ0n) is 10.2. The van der Waals surface area contributed by atoms with E-state index in [1.54, 1.807) is 6.20 Å². The topological polar surface area (TPSA) is 82.3 Å². The van der Waals surface area contributed by atoms with Crippen molar-refractivity contribution < 1.29 is 0 Å². The van der Waals surface area contributed by atoms with Crippen molar-refractivity contribution in [3.05, 3.63) is 41.1 Å². The smallest absolute Gasteiger partial charge is 0.160 e. The highest BCUT2D eigenvalue weighted by molar-refractivity contribution is 9.10. The van der Waals surface area contributed by atoms with Crippen LogP contribution in [0, 0.1) is 0 Å². The molecule has 0 aliphatic carbocycles. The number of aromatic amines is 2. The highest BCUT2D eigenvalue weighted by Gasteiger charge is 2.11. The van der Waals surface area contributed by atoms with Crippen LogP contribution in [0.2, 0.25) is 0 Å². The van der Waals surface area contributed by atoms with E-state index in [9.17, 15) is 0 Å². The lowest BCUT2D eigenvalue weighted by Gasteiger charge is -2.06. The molecule has 6 nitrogen and oxygen atoms in total. The van der Waals surface area contributed by atoms with Gasteiger partial charge in [-0.05, 0) is 18.2 Å². The van der Waals surface area contributed by atoms with Crippen molar-refractivity contribution in [2.75, 3.05) is 5.32 Å². The molecule has 98 valence electrons. The van der Waals surface area contributed by atoms with E-state index in [0.29, 0.717) is 11.6 Å². The Balaban J connectivity index is 1.99. The molecule has 3 heterocycles. The number of halogens is 1. The maximum absolute atomic E-state index is 4.62. The summed E-state index contributed by atoms with van der Waals surface area (Å²) in [6.45, 7) is 0. The summed E-state index contributed by atoms with van der Waals surface area (Å²) in [4.78, 5) is 4.62. The van der Waals surface area contributed by atoms with Crippen LogP contribution >= 0.6 is 15.9 Å². The number of H-pyrrole nitrogens is 2. The average molecular weight is 329 g/mol. The second kappa shape index (κ2) is 4.31. The van der Waals surface area contributed by atoms with E-state index in [1.165, 1.54) is 0 Å². The van der Waals surface area contributed by atoms with Crippen LogP contribution in [0.4, 0.5) is 11.6 Å².